The van der Waals surface area contributed by atoms with E-state index in [9.17, 15) is 0 Å². The van der Waals surface area contributed by atoms with Crippen molar-refractivity contribution >= 4 is 23.5 Å². The van der Waals surface area contributed by atoms with E-state index in [0.717, 1.165) is 5.39 Å². The van der Waals surface area contributed by atoms with E-state index in [-0.39, 0.29) is 0 Å². The first-order chi connectivity index (χ1) is 7.11. The van der Waals surface area contributed by atoms with Crippen LogP contribution in [0.25, 0.3) is 10.9 Å². The molecule has 78 valence electrons. The average molecular weight is 206 g/mol. The Morgan fingerprint density at radius 2 is 2.13 bits per heavy atom. The van der Waals surface area contributed by atoms with Crippen molar-refractivity contribution in [3.05, 3.63) is 18.3 Å². The number of rotatable bonds is 2. The minimum Gasteiger partial charge on any atom is -0.494 e. The van der Waals surface area contributed by atoms with Crippen LogP contribution in [0.2, 0.25) is 0 Å². The van der Waals surface area contributed by atoms with Crippen LogP contribution in [0.15, 0.2) is 18.3 Å². The molecule has 0 unspecified atom stereocenters. The fourth-order valence-corrected chi connectivity index (χ4v) is 1.55. The van der Waals surface area contributed by atoms with E-state index in [0.29, 0.717) is 16.7 Å². The molecule has 0 saturated carbocycles. The summed E-state index contributed by atoms with van der Waals surface area (Å²) in [6, 6.07) is 3.25. The predicted octanol–water partition coefficient (Wildman–Crippen LogP) is -0.738. The molecule has 0 aliphatic heterocycles. The van der Waals surface area contributed by atoms with Crippen LogP contribution in [-0.2, 0) is 7.05 Å². The largest absolute Gasteiger partial charge is 0.494 e. The zero-order chi connectivity index (χ0) is 11.0. The molecule has 0 bridgehead atoms. The first kappa shape index (κ1) is 10.0. The van der Waals surface area contributed by atoms with Gasteiger partial charge in [-0.15, -0.1) is 0 Å². The number of ether oxygens (including phenoxy) is 1. The molecule has 0 spiro atoms. The minimum absolute atomic E-state index is 0.396. The Kier molecular flexibility index (Phi) is 2.38. The maximum Gasteiger partial charge on any atom is 0.488 e. The highest BCUT2D eigenvalue weighted by molar-refractivity contribution is 6.59. The van der Waals surface area contributed by atoms with E-state index in [2.05, 4.69) is 5.10 Å². The Balaban J connectivity index is 2.70. The quantitative estimate of drug-likeness (QED) is 0.635. The Morgan fingerprint density at radius 1 is 1.40 bits per heavy atom. The molecule has 2 rings (SSSR count). The summed E-state index contributed by atoms with van der Waals surface area (Å²) in [7, 11) is 1.83. The van der Waals surface area contributed by atoms with Crippen LogP contribution >= 0.6 is 0 Å². The molecule has 1 heterocycles. The van der Waals surface area contributed by atoms with E-state index in [1.165, 1.54) is 7.11 Å². The number of nitrogens with zero attached hydrogens (tertiary/aromatic N) is 2. The van der Waals surface area contributed by atoms with Crippen molar-refractivity contribution in [2.24, 2.45) is 7.05 Å². The van der Waals surface area contributed by atoms with E-state index in [4.69, 9.17) is 14.8 Å². The predicted molar refractivity (Wildman–Crippen MR) is 57.1 cm³/mol. The zero-order valence-electron chi connectivity index (χ0n) is 8.51. The molecule has 2 N–H and O–H groups in total. The van der Waals surface area contributed by atoms with Crippen LogP contribution < -0.4 is 10.2 Å². The van der Waals surface area contributed by atoms with Crippen LogP contribution in [0, 0.1) is 0 Å². The van der Waals surface area contributed by atoms with Crippen molar-refractivity contribution in [3.8, 4) is 5.75 Å². The Hall–Kier alpha value is -1.53. The number of fused-ring (bicyclic) bond motifs is 1. The van der Waals surface area contributed by atoms with Gasteiger partial charge < -0.3 is 14.8 Å². The van der Waals surface area contributed by atoms with Gasteiger partial charge in [0, 0.05) is 18.6 Å². The molecule has 0 radical (unpaired) electrons. The number of aromatic nitrogens is 2. The number of hydrogen-bond acceptors (Lipinski definition) is 4. The van der Waals surface area contributed by atoms with Gasteiger partial charge in [-0.2, -0.15) is 5.10 Å². The molecule has 1 aromatic heterocycles. The molecular formula is C9H11BN2O3. The van der Waals surface area contributed by atoms with Gasteiger partial charge in [-0.1, -0.05) is 6.07 Å². The van der Waals surface area contributed by atoms with E-state index < -0.39 is 7.12 Å². The summed E-state index contributed by atoms with van der Waals surface area (Å²) >= 11 is 0. The summed E-state index contributed by atoms with van der Waals surface area (Å²) in [5.41, 5.74) is 1.11. The highest BCUT2D eigenvalue weighted by Crippen LogP contribution is 2.22. The monoisotopic (exact) mass is 206 g/mol. The third-order valence-electron chi connectivity index (χ3n) is 2.23. The second kappa shape index (κ2) is 3.56. The van der Waals surface area contributed by atoms with Gasteiger partial charge in [-0.25, -0.2) is 0 Å². The minimum atomic E-state index is -1.50. The topological polar surface area (TPSA) is 67.5 Å². The summed E-state index contributed by atoms with van der Waals surface area (Å²) in [6.45, 7) is 0. The maximum atomic E-state index is 9.08. The van der Waals surface area contributed by atoms with Gasteiger partial charge in [-0.05, 0) is 11.5 Å². The SMILES string of the molecule is COc1cc(B(O)O)cc2cn(C)nc12. The summed E-state index contributed by atoms with van der Waals surface area (Å²) in [5.74, 6) is 0.538. The van der Waals surface area contributed by atoms with Gasteiger partial charge in [0.05, 0.1) is 7.11 Å². The van der Waals surface area contributed by atoms with E-state index >= 15 is 0 Å². The molecule has 2 aromatic rings. The van der Waals surface area contributed by atoms with Crippen LogP contribution in [-0.4, -0.2) is 34.1 Å². The van der Waals surface area contributed by atoms with E-state index in [1.807, 2.05) is 0 Å². The Morgan fingerprint density at radius 3 is 2.73 bits per heavy atom. The van der Waals surface area contributed by atoms with Crippen molar-refractivity contribution in [1.29, 1.82) is 0 Å². The van der Waals surface area contributed by atoms with Gasteiger partial charge in [-0.3, -0.25) is 4.68 Å². The lowest BCUT2D eigenvalue weighted by Crippen LogP contribution is -2.29. The lowest BCUT2D eigenvalue weighted by molar-refractivity contribution is 0.415. The van der Waals surface area contributed by atoms with E-state index in [1.54, 1.807) is 30.1 Å². The molecule has 6 heteroatoms. The summed E-state index contributed by atoms with van der Waals surface area (Å²) in [5, 5.41) is 23.2. The van der Waals surface area contributed by atoms with Gasteiger partial charge in [0.1, 0.15) is 11.3 Å². The van der Waals surface area contributed by atoms with Crippen LogP contribution in [0.3, 0.4) is 0 Å². The van der Waals surface area contributed by atoms with Gasteiger partial charge >= 0.3 is 7.12 Å². The van der Waals surface area contributed by atoms with Crippen molar-refractivity contribution < 1.29 is 14.8 Å². The molecule has 0 saturated heterocycles. The second-order valence-electron chi connectivity index (χ2n) is 3.34. The third kappa shape index (κ3) is 1.69. The fourth-order valence-electron chi connectivity index (χ4n) is 1.55. The van der Waals surface area contributed by atoms with Crippen molar-refractivity contribution in [2.45, 2.75) is 0 Å². The Labute approximate surface area is 87.0 Å². The van der Waals surface area contributed by atoms with Crippen molar-refractivity contribution in [3.63, 3.8) is 0 Å². The summed E-state index contributed by atoms with van der Waals surface area (Å²) in [4.78, 5) is 0. The standard InChI is InChI=1S/C9H11BN2O3/c1-12-5-6-3-7(10(13)14)4-8(15-2)9(6)11-12/h3-5,13-14H,1-2H3. The molecule has 0 aliphatic carbocycles. The highest BCUT2D eigenvalue weighted by Gasteiger charge is 2.15. The van der Waals surface area contributed by atoms with Crippen LogP contribution in [0.5, 0.6) is 5.75 Å². The second-order valence-corrected chi connectivity index (χ2v) is 3.34. The number of benzene rings is 1. The molecule has 0 fully saturated rings. The molecule has 0 aliphatic rings. The number of hydrogen-bond donors (Lipinski definition) is 2. The van der Waals surface area contributed by atoms with Gasteiger partial charge in [0.2, 0.25) is 0 Å². The molecule has 1 aromatic carbocycles. The first-order valence-corrected chi connectivity index (χ1v) is 4.49. The van der Waals surface area contributed by atoms with Crippen LogP contribution in [0.1, 0.15) is 0 Å². The average Bonchev–Trinajstić information content (AvgIpc) is 2.56. The van der Waals surface area contributed by atoms with Crippen molar-refractivity contribution in [1.82, 2.24) is 9.78 Å². The molecule has 5 nitrogen and oxygen atoms in total. The molecule has 0 amide bonds. The third-order valence-corrected chi connectivity index (χ3v) is 2.23. The molecular weight excluding hydrogens is 195 g/mol. The summed E-state index contributed by atoms with van der Waals surface area (Å²) < 4.78 is 6.79. The zero-order valence-corrected chi connectivity index (χ0v) is 8.51. The molecule has 0 atom stereocenters. The maximum absolute atomic E-state index is 9.08. The van der Waals surface area contributed by atoms with Gasteiger partial charge in [0.15, 0.2) is 0 Å². The lowest BCUT2D eigenvalue weighted by atomic mass is 9.80. The first-order valence-electron chi connectivity index (χ1n) is 4.49. The fraction of sp³-hybridized carbons (Fsp3) is 0.222. The smallest absolute Gasteiger partial charge is 0.488 e. The highest BCUT2D eigenvalue weighted by atomic mass is 16.5. The number of methoxy groups -OCH3 is 1. The lowest BCUT2D eigenvalue weighted by Gasteiger charge is -2.04. The van der Waals surface area contributed by atoms with Crippen molar-refractivity contribution in [2.75, 3.05) is 7.11 Å². The van der Waals surface area contributed by atoms with Gasteiger partial charge in [0.25, 0.3) is 0 Å². The summed E-state index contributed by atoms with van der Waals surface area (Å²) in [6.07, 6.45) is 1.80. The molecule has 15 heavy (non-hydrogen) atoms. The normalized spacial score (nSPS) is 10.7. The number of aryl methyl sites for hydroxylation is 1. The Bertz CT molecular complexity index is 495. The van der Waals surface area contributed by atoms with Crippen LogP contribution in [0.4, 0.5) is 0 Å².